The molecular weight excluding hydrogens is 341 g/mol. The fraction of sp³-hybridized carbons (Fsp3) is 0.526. The van der Waals surface area contributed by atoms with E-state index in [-0.39, 0.29) is 5.82 Å². The van der Waals surface area contributed by atoms with E-state index in [2.05, 4.69) is 15.2 Å². The Kier molecular flexibility index (Phi) is 5.06. The third-order valence-electron chi connectivity index (χ3n) is 5.29. The maximum atomic E-state index is 14.7. The Labute approximate surface area is 152 Å². The highest BCUT2D eigenvalue weighted by Gasteiger charge is 2.24. The highest BCUT2D eigenvalue weighted by atomic mass is 35.5. The molecule has 1 unspecified atom stereocenters. The molecule has 2 aliphatic rings. The summed E-state index contributed by atoms with van der Waals surface area (Å²) >= 11 is 6.12. The van der Waals surface area contributed by atoms with E-state index in [1.807, 2.05) is 6.07 Å². The summed E-state index contributed by atoms with van der Waals surface area (Å²) in [5.41, 5.74) is 0.848. The lowest BCUT2D eigenvalue weighted by Gasteiger charge is -2.34. The van der Waals surface area contributed by atoms with Crippen LogP contribution in [0.3, 0.4) is 0 Å². The van der Waals surface area contributed by atoms with E-state index in [9.17, 15) is 4.39 Å². The molecule has 2 aliphatic heterocycles. The molecule has 1 N–H and O–H groups in total. The Morgan fingerprint density at radius 1 is 1.24 bits per heavy atom. The van der Waals surface area contributed by atoms with E-state index in [1.54, 1.807) is 18.3 Å². The molecule has 2 saturated heterocycles. The monoisotopic (exact) mass is 363 g/mol. The Morgan fingerprint density at radius 2 is 2.08 bits per heavy atom. The van der Waals surface area contributed by atoms with Crippen molar-refractivity contribution in [2.75, 3.05) is 38.2 Å². The first-order chi connectivity index (χ1) is 12.2. The van der Waals surface area contributed by atoms with Crippen LogP contribution < -0.4 is 5.32 Å². The number of rotatable bonds is 4. The predicted molar refractivity (Wildman–Crippen MR) is 98.7 cm³/mol. The maximum Gasteiger partial charge on any atom is 0.172 e. The minimum Gasteiger partial charge on any atom is -0.381 e. The fourth-order valence-corrected chi connectivity index (χ4v) is 4.04. The molecule has 0 saturated carbocycles. The van der Waals surface area contributed by atoms with Crippen molar-refractivity contribution in [3.8, 4) is 0 Å². The molecule has 1 atom stereocenters. The number of pyridine rings is 1. The second kappa shape index (κ2) is 7.44. The molecule has 134 valence electrons. The van der Waals surface area contributed by atoms with Crippen LogP contribution in [0.5, 0.6) is 0 Å². The molecule has 0 spiro atoms. The first-order valence-electron chi connectivity index (χ1n) is 9.00. The van der Waals surface area contributed by atoms with Crippen LogP contribution in [0.4, 0.5) is 10.1 Å². The molecule has 2 aromatic rings. The van der Waals surface area contributed by atoms with Crippen LogP contribution in [0.2, 0.25) is 5.02 Å². The maximum absolute atomic E-state index is 14.7. The van der Waals surface area contributed by atoms with Gasteiger partial charge < -0.3 is 15.0 Å². The van der Waals surface area contributed by atoms with Gasteiger partial charge in [0.1, 0.15) is 5.52 Å². The van der Waals surface area contributed by atoms with Gasteiger partial charge in [-0.2, -0.15) is 0 Å². The normalized spacial score (nSPS) is 22.6. The molecule has 4 rings (SSSR count). The van der Waals surface area contributed by atoms with Gasteiger partial charge in [0.25, 0.3) is 0 Å². The minimum atomic E-state index is -0.314. The number of ether oxygens (including phenoxy) is 1. The number of nitrogens with zero attached hydrogens (tertiary/aromatic N) is 2. The van der Waals surface area contributed by atoms with Gasteiger partial charge in [0.2, 0.25) is 0 Å². The third kappa shape index (κ3) is 3.73. The zero-order valence-electron chi connectivity index (χ0n) is 14.2. The van der Waals surface area contributed by atoms with Crippen LogP contribution in [-0.4, -0.2) is 48.8 Å². The summed E-state index contributed by atoms with van der Waals surface area (Å²) in [6.07, 6.45) is 4.76. The van der Waals surface area contributed by atoms with Crippen LogP contribution in [0, 0.1) is 11.7 Å². The number of nitrogens with one attached hydrogen (secondary N) is 1. The van der Waals surface area contributed by atoms with Crippen molar-refractivity contribution < 1.29 is 9.13 Å². The van der Waals surface area contributed by atoms with E-state index in [0.717, 1.165) is 45.7 Å². The average Bonchev–Trinajstić information content (AvgIpc) is 3.13. The second-order valence-corrected chi connectivity index (χ2v) is 7.47. The van der Waals surface area contributed by atoms with Gasteiger partial charge in [-0.3, -0.25) is 4.98 Å². The summed E-state index contributed by atoms with van der Waals surface area (Å²) in [5.74, 6) is 0.365. The zero-order chi connectivity index (χ0) is 17.2. The van der Waals surface area contributed by atoms with Crippen molar-refractivity contribution in [3.05, 3.63) is 35.2 Å². The second-order valence-electron chi connectivity index (χ2n) is 7.06. The van der Waals surface area contributed by atoms with Crippen LogP contribution in [0.1, 0.15) is 19.3 Å². The predicted octanol–water partition coefficient (Wildman–Crippen LogP) is 3.94. The third-order valence-corrected chi connectivity index (χ3v) is 5.62. The molecule has 6 heteroatoms. The van der Waals surface area contributed by atoms with Crippen molar-refractivity contribution in [1.82, 2.24) is 9.88 Å². The van der Waals surface area contributed by atoms with Crippen molar-refractivity contribution >= 4 is 28.2 Å². The van der Waals surface area contributed by atoms with Crippen molar-refractivity contribution in [3.63, 3.8) is 0 Å². The number of piperidine rings is 1. The lowest BCUT2D eigenvalue weighted by Crippen LogP contribution is -2.41. The number of hydrogen-bond acceptors (Lipinski definition) is 4. The van der Waals surface area contributed by atoms with Gasteiger partial charge in [-0.25, -0.2) is 4.39 Å². The van der Waals surface area contributed by atoms with Crippen molar-refractivity contribution in [1.29, 1.82) is 0 Å². The first kappa shape index (κ1) is 17.0. The fourth-order valence-electron chi connectivity index (χ4n) is 3.83. The number of fused-ring (bicyclic) bond motifs is 1. The van der Waals surface area contributed by atoms with Gasteiger partial charge in [0, 0.05) is 43.9 Å². The largest absolute Gasteiger partial charge is 0.381 e. The van der Waals surface area contributed by atoms with Gasteiger partial charge in [-0.05, 0) is 43.4 Å². The quantitative estimate of drug-likeness (QED) is 0.892. The number of benzene rings is 1. The van der Waals surface area contributed by atoms with Crippen molar-refractivity contribution in [2.24, 2.45) is 5.92 Å². The van der Waals surface area contributed by atoms with Crippen molar-refractivity contribution in [2.45, 2.75) is 25.3 Å². The SMILES string of the molecule is Fc1c(NC2CCN(CC3CCOC3)CC2)ccc2c(Cl)ccnc12. The molecule has 0 radical (unpaired) electrons. The molecule has 25 heavy (non-hydrogen) atoms. The average molecular weight is 364 g/mol. The van der Waals surface area contributed by atoms with E-state index in [4.69, 9.17) is 16.3 Å². The van der Waals surface area contributed by atoms with Crippen LogP contribution in [-0.2, 0) is 4.74 Å². The number of aromatic nitrogens is 1. The highest BCUT2D eigenvalue weighted by molar-refractivity contribution is 6.35. The Balaban J connectivity index is 1.38. The molecular formula is C19H23ClFN3O. The van der Waals surface area contributed by atoms with E-state index < -0.39 is 0 Å². The number of halogens is 2. The van der Waals surface area contributed by atoms with E-state index >= 15 is 0 Å². The molecule has 0 aliphatic carbocycles. The van der Waals surface area contributed by atoms with Gasteiger partial charge in [-0.15, -0.1) is 0 Å². The van der Waals surface area contributed by atoms with E-state index in [0.29, 0.717) is 33.6 Å². The van der Waals surface area contributed by atoms with Crippen LogP contribution in [0.25, 0.3) is 10.9 Å². The molecule has 0 amide bonds. The Morgan fingerprint density at radius 3 is 2.84 bits per heavy atom. The van der Waals surface area contributed by atoms with Gasteiger partial charge in [-0.1, -0.05) is 11.6 Å². The Bertz CT molecular complexity index is 743. The zero-order valence-corrected chi connectivity index (χ0v) is 14.9. The highest BCUT2D eigenvalue weighted by Crippen LogP contribution is 2.29. The molecule has 0 bridgehead atoms. The number of anilines is 1. The summed E-state index contributed by atoms with van der Waals surface area (Å²) in [6.45, 7) is 5.03. The topological polar surface area (TPSA) is 37.4 Å². The van der Waals surface area contributed by atoms with E-state index in [1.165, 1.54) is 6.42 Å². The van der Waals surface area contributed by atoms with Crippen LogP contribution >= 0.6 is 11.6 Å². The van der Waals surface area contributed by atoms with Gasteiger partial charge in [0.15, 0.2) is 5.82 Å². The van der Waals surface area contributed by atoms with Gasteiger partial charge >= 0.3 is 0 Å². The first-order valence-corrected chi connectivity index (χ1v) is 9.38. The molecule has 3 heterocycles. The van der Waals surface area contributed by atoms with Crippen LogP contribution in [0.15, 0.2) is 24.4 Å². The summed E-state index contributed by atoms with van der Waals surface area (Å²) < 4.78 is 20.2. The lowest BCUT2D eigenvalue weighted by molar-refractivity contribution is 0.154. The smallest absolute Gasteiger partial charge is 0.172 e. The lowest BCUT2D eigenvalue weighted by atomic mass is 10.0. The van der Waals surface area contributed by atoms with Gasteiger partial charge in [0.05, 0.1) is 17.3 Å². The molecule has 1 aromatic heterocycles. The summed E-state index contributed by atoms with van der Waals surface area (Å²) in [4.78, 5) is 6.65. The molecule has 1 aromatic carbocycles. The number of likely N-dealkylation sites (tertiary alicyclic amines) is 1. The standard InChI is InChI=1S/C19H23ClFN3O/c20-16-3-7-22-19-15(16)1-2-17(18(19)21)23-14-4-8-24(9-5-14)11-13-6-10-25-12-13/h1-3,7,13-14,23H,4-6,8-12H2. The molecule has 2 fully saturated rings. The Hall–Kier alpha value is -1.43. The number of hydrogen-bond donors (Lipinski definition) is 1. The minimum absolute atomic E-state index is 0.294. The molecule has 4 nitrogen and oxygen atoms in total. The summed E-state index contributed by atoms with van der Waals surface area (Å²) in [7, 11) is 0. The summed E-state index contributed by atoms with van der Waals surface area (Å²) in [6, 6.07) is 5.59. The summed E-state index contributed by atoms with van der Waals surface area (Å²) in [5, 5.41) is 4.55.